The Kier molecular flexibility index (Phi) is 4.54. The highest BCUT2D eigenvalue weighted by Gasteiger charge is 2.15. The van der Waals surface area contributed by atoms with Gasteiger partial charge >= 0.3 is 0 Å². The molecule has 1 aliphatic heterocycles. The largest absolute Gasteiger partial charge is 0.385 e. The summed E-state index contributed by atoms with van der Waals surface area (Å²) in [5.74, 6) is 0.599. The Morgan fingerprint density at radius 1 is 1.56 bits per heavy atom. The van der Waals surface area contributed by atoms with Crippen molar-refractivity contribution in [2.75, 3.05) is 25.0 Å². The van der Waals surface area contributed by atoms with Gasteiger partial charge in [-0.2, -0.15) is 0 Å². The van der Waals surface area contributed by atoms with Gasteiger partial charge in [0.05, 0.1) is 9.40 Å². The zero-order valence-electron chi connectivity index (χ0n) is 9.99. The van der Waals surface area contributed by atoms with E-state index in [4.69, 9.17) is 0 Å². The number of halogens is 1. The average Bonchev–Trinajstić information content (AvgIpc) is 2.38. The second-order valence-electron chi connectivity index (χ2n) is 4.52. The molecule has 0 saturated carbocycles. The lowest BCUT2D eigenvalue weighted by molar-refractivity contribution is -0.385. The molecule has 1 aliphatic rings. The number of anilines is 1. The molecular weight excluding hydrogens is 298 g/mol. The minimum absolute atomic E-state index is 0.0989. The van der Waals surface area contributed by atoms with Crippen LogP contribution < -0.4 is 10.6 Å². The summed E-state index contributed by atoms with van der Waals surface area (Å²) in [6.07, 6.45) is 2.41. The molecule has 2 rings (SSSR count). The molecule has 0 aliphatic carbocycles. The summed E-state index contributed by atoms with van der Waals surface area (Å²) in [6.45, 7) is 2.97. The third-order valence-corrected chi connectivity index (χ3v) is 3.81. The van der Waals surface area contributed by atoms with Crippen molar-refractivity contribution in [3.63, 3.8) is 0 Å². The Morgan fingerprint density at radius 3 is 3.06 bits per heavy atom. The summed E-state index contributed by atoms with van der Waals surface area (Å²) < 4.78 is 0.511. The van der Waals surface area contributed by atoms with Gasteiger partial charge in [-0.3, -0.25) is 10.1 Å². The van der Waals surface area contributed by atoms with Gasteiger partial charge in [0.15, 0.2) is 0 Å². The second-order valence-corrected chi connectivity index (χ2v) is 5.37. The highest BCUT2D eigenvalue weighted by molar-refractivity contribution is 9.10. The lowest BCUT2D eigenvalue weighted by Crippen LogP contribution is -2.33. The van der Waals surface area contributed by atoms with E-state index in [2.05, 4.69) is 26.6 Å². The number of benzene rings is 1. The number of nitrogens with zero attached hydrogens (tertiary/aromatic N) is 1. The monoisotopic (exact) mass is 313 g/mol. The average molecular weight is 314 g/mol. The molecule has 1 fully saturated rings. The zero-order valence-corrected chi connectivity index (χ0v) is 11.6. The molecule has 1 unspecified atom stereocenters. The molecule has 6 heteroatoms. The minimum atomic E-state index is -0.378. The predicted molar refractivity (Wildman–Crippen MR) is 74.9 cm³/mol. The normalized spacial score (nSPS) is 19.5. The number of nitro groups is 1. The molecule has 1 heterocycles. The number of nitro benzene ring substituents is 1. The fraction of sp³-hybridized carbons (Fsp3) is 0.500. The molecule has 5 nitrogen and oxygen atoms in total. The number of rotatable bonds is 4. The van der Waals surface area contributed by atoms with Crippen LogP contribution in [-0.2, 0) is 0 Å². The molecule has 0 amide bonds. The van der Waals surface area contributed by atoms with E-state index in [9.17, 15) is 10.1 Å². The van der Waals surface area contributed by atoms with Crippen molar-refractivity contribution in [3.8, 4) is 0 Å². The summed E-state index contributed by atoms with van der Waals surface area (Å²) in [7, 11) is 0. The van der Waals surface area contributed by atoms with Crippen LogP contribution in [0.4, 0.5) is 11.4 Å². The van der Waals surface area contributed by atoms with E-state index in [-0.39, 0.29) is 10.6 Å². The van der Waals surface area contributed by atoms with Gasteiger partial charge in [-0.25, -0.2) is 0 Å². The maximum absolute atomic E-state index is 10.8. The molecule has 1 atom stereocenters. The van der Waals surface area contributed by atoms with Crippen molar-refractivity contribution in [1.82, 2.24) is 5.32 Å². The topological polar surface area (TPSA) is 67.2 Å². The molecular formula is C12H16BrN3O2. The van der Waals surface area contributed by atoms with Crippen LogP contribution >= 0.6 is 15.9 Å². The van der Waals surface area contributed by atoms with E-state index >= 15 is 0 Å². The van der Waals surface area contributed by atoms with Crippen LogP contribution in [0.2, 0.25) is 0 Å². The van der Waals surface area contributed by atoms with Gasteiger partial charge in [-0.1, -0.05) is 0 Å². The van der Waals surface area contributed by atoms with Gasteiger partial charge < -0.3 is 10.6 Å². The summed E-state index contributed by atoms with van der Waals surface area (Å²) in [6, 6.07) is 5.13. The van der Waals surface area contributed by atoms with E-state index in [1.54, 1.807) is 12.1 Å². The van der Waals surface area contributed by atoms with Crippen molar-refractivity contribution in [2.45, 2.75) is 12.8 Å². The quantitative estimate of drug-likeness (QED) is 0.662. The van der Waals surface area contributed by atoms with Crippen LogP contribution in [0.1, 0.15) is 12.8 Å². The summed E-state index contributed by atoms with van der Waals surface area (Å²) >= 11 is 3.18. The highest BCUT2D eigenvalue weighted by atomic mass is 79.9. The first-order valence-electron chi connectivity index (χ1n) is 6.05. The van der Waals surface area contributed by atoms with Crippen LogP contribution in [0.25, 0.3) is 0 Å². The first kappa shape index (κ1) is 13.3. The molecule has 98 valence electrons. The van der Waals surface area contributed by atoms with Crippen LogP contribution in [0.15, 0.2) is 22.7 Å². The molecule has 18 heavy (non-hydrogen) atoms. The molecule has 0 spiro atoms. The highest BCUT2D eigenvalue weighted by Crippen LogP contribution is 2.28. The van der Waals surface area contributed by atoms with Crippen LogP contribution in [0.5, 0.6) is 0 Å². The lowest BCUT2D eigenvalue weighted by Gasteiger charge is -2.23. The van der Waals surface area contributed by atoms with Crippen molar-refractivity contribution < 1.29 is 4.92 Å². The van der Waals surface area contributed by atoms with Crippen molar-refractivity contribution >= 4 is 27.3 Å². The van der Waals surface area contributed by atoms with Crippen LogP contribution in [-0.4, -0.2) is 24.6 Å². The molecule has 0 bridgehead atoms. The molecule has 2 N–H and O–H groups in total. The van der Waals surface area contributed by atoms with Crippen molar-refractivity contribution in [1.29, 1.82) is 0 Å². The maximum Gasteiger partial charge on any atom is 0.285 e. The Morgan fingerprint density at radius 2 is 2.39 bits per heavy atom. The van der Waals surface area contributed by atoms with Gasteiger partial charge in [0.25, 0.3) is 5.69 Å². The maximum atomic E-state index is 10.8. The number of nitrogens with one attached hydrogen (secondary N) is 2. The summed E-state index contributed by atoms with van der Waals surface area (Å²) in [5.41, 5.74) is 0.900. The van der Waals surface area contributed by atoms with Crippen LogP contribution in [0, 0.1) is 16.0 Å². The Hall–Kier alpha value is -1.14. The lowest BCUT2D eigenvalue weighted by atomic mass is 10.00. The first-order chi connectivity index (χ1) is 8.66. The predicted octanol–water partition coefficient (Wildman–Crippen LogP) is 2.77. The smallest absolute Gasteiger partial charge is 0.285 e. The third kappa shape index (κ3) is 3.43. The van der Waals surface area contributed by atoms with Gasteiger partial charge in [0.2, 0.25) is 0 Å². The van der Waals surface area contributed by atoms with E-state index in [0.717, 1.165) is 25.3 Å². The van der Waals surface area contributed by atoms with E-state index in [1.807, 2.05) is 6.07 Å². The molecule has 0 radical (unpaired) electrons. The Bertz CT molecular complexity index is 433. The fourth-order valence-electron chi connectivity index (χ4n) is 2.12. The Balaban J connectivity index is 1.96. The molecule has 1 saturated heterocycles. The van der Waals surface area contributed by atoms with Gasteiger partial charge in [0, 0.05) is 18.3 Å². The Labute approximate surface area is 114 Å². The van der Waals surface area contributed by atoms with E-state index < -0.39 is 0 Å². The van der Waals surface area contributed by atoms with Gasteiger partial charge in [-0.15, -0.1) is 0 Å². The minimum Gasteiger partial charge on any atom is -0.385 e. The third-order valence-electron chi connectivity index (χ3n) is 3.14. The summed E-state index contributed by atoms with van der Waals surface area (Å²) in [4.78, 5) is 10.4. The standard InChI is InChI=1S/C12H16BrN3O2/c13-11-4-3-10(6-12(11)16(17)18)15-8-9-2-1-5-14-7-9/h3-4,6,9,14-15H,1-2,5,7-8H2. The van der Waals surface area contributed by atoms with E-state index in [1.165, 1.54) is 12.8 Å². The second kappa shape index (κ2) is 6.15. The van der Waals surface area contributed by atoms with Gasteiger partial charge in [-0.05, 0) is 59.9 Å². The molecule has 1 aromatic rings. The number of piperidine rings is 1. The van der Waals surface area contributed by atoms with E-state index in [0.29, 0.717) is 10.4 Å². The molecule has 0 aromatic heterocycles. The van der Waals surface area contributed by atoms with Crippen molar-refractivity contribution in [2.24, 2.45) is 5.92 Å². The number of hydrogen-bond acceptors (Lipinski definition) is 4. The SMILES string of the molecule is O=[N+]([O-])c1cc(NCC2CCCNC2)ccc1Br. The first-order valence-corrected chi connectivity index (χ1v) is 6.84. The van der Waals surface area contributed by atoms with Crippen LogP contribution in [0.3, 0.4) is 0 Å². The molecule has 1 aromatic carbocycles. The number of hydrogen-bond donors (Lipinski definition) is 2. The van der Waals surface area contributed by atoms with Gasteiger partial charge in [0.1, 0.15) is 0 Å². The van der Waals surface area contributed by atoms with Crippen molar-refractivity contribution in [3.05, 3.63) is 32.8 Å². The zero-order chi connectivity index (χ0) is 13.0. The summed E-state index contributed by atoms with van der Waals surface area (Å²) in [5, 5.41) is 17.4. The fourth-order valence-corrected chi connectivity index (χ4v) is 2.51.